The maximum atomic E-state index is 12.2. The zero-order valence-corrected chi connectivity index (χ0v) is 12.9. The highest BCUT2D eigenvalue weighted by molar-refractivity contribution is 8.00. The van der Waals surface area contributed by atoms with Crippen molar-refractivity contribution in [1.29, 1.82) is 0 Å². The summed E-state index contributed by atoms with van der Waals surface area (Å²) in [5.74, 6) is -0.465. The Labute approximate surface area is 126 Å². The molecule has 1 aliphatic heterocycles. The predicted molar refractivity (Wildman–Crippen MR) is 81.2 cm³/mol. The number of thiophene rings is 1. The van der Waals surface area contributed by atoms with Crippen LogP contribution >= 0.6 is 23.1 Å². The van der Waals surface area contributed by atoms with Crippen LogP contribution in [0, 0.1) is 0 Å². The van der Waals surface area contributed by atoms with E-state index < -0.39 is 12.0 Å². The van der Waals surface area contributed by atoms with Crippen molar-refractivity contribution in [1.82, 2.24) is 10.2 Å². The minimum Gasteiger partial charge on any atom is -0.480 e. The molecule has 1 aromatic rings. The van der Waals surface area contributed by atoms with Gasteiger partial charge in [-0.05, 0) is 35.2 Å². The van der Waals surface area contributed by atoms with Gasteiger partial charge in [0.2, 0.25) is 0 Å². The van der Waals surface area contributed by atoms with E-state index in [1.54, 1.807) is 11.3 Å². The zero-order chi connectivity index (χ0) is 14.5. The van der Waals surface area contributed by atoms with Gasteiger partial charge in [-0.1, -0.05) is 6.92 Å². The van der Waals surface area contributed by atoms with Gasteiger partial charge in [0.05, 0.1) is 5.37 Å². The Balaban J connectivity index is 1.90. The number of thioether (sulfide) groups is 1. The van der Waals surface area contributed by atoms with Crippen molar-refractivity contribution in [2.24, 2.45) is 0 Å². The van der Waals surface area contributed by atoms with Crippen LogP contribution in [0.2, 0.25) is 0 Å². The Kier molecular flexibility index (Phi) is 5.31. The van der Waals surface area contributed by atoms with E-state index in [1.807, 2.05) is 23.8 Å². The molecule has 2 N–H and O–H groups in total. The van der Waals surface area contributed by atoms with Gasteiger partial charge >= 0.3 is 12.0 Å². The lowest BCUT2D eigenvalue weighted by molar-refractivity contribution is -0.141. The number of rotatable bonds is 5. The summed E-state index contributed by atoms with van der Waals surface area (Å²) >= 11 is 3.16. The number of aliphatic carboxylic acids is 1. The molecule has 1 aromatic heterocycles. The fourth-order valence-electron chi connectivity index (χ4n) is 2.18. The van der Waals surface area contributed by atoms with Gasteiger partial charge in [0.25, 0.3) is 0 Å². The molecule has 0 saturated carbocycles. The lowest BCUT2D eigenvalue weighted by Crippen LogP contribution is -2.50. The van der Waals surface area contributed by atoms with Gasteiger partial charge in [0.15, 0.2) is 0 Å². The van der Waals surface area contributed by atoms with Crippen molar-refractivity contribution in [2.45, 2.75) is 31.2 Å². The Morgan fingerprint density at radius 3 is 2.95 bits per heavy atom. The fourth-order valence-corrected chi connectivity index (χ4v) is 4.23. The van der Waals surface area contributed by atoms with E-state index >= 15 is 0 Å². The van der Waals surface area contributed by atoms with Crippen LogP contribution < -0.4 is 5.32 Å². The third-order valence-electron chi connectivity index (χ3n) is 3.23. The molecule has 2 rings (SSSR count). The molecule has 2 unspecified atom stereocenters. The van der Waals surface area contributed by atoms with E-state index in [0.717, 1.165) is 12.8 Å². The molecule has 1 aliphatic rings. The second kappa shape index (κ2) is 6.99. The second-order valence-corrected chi connectivity index (χ2v) is 6.56. The minimum atomic E-state index is -0.929. The number of hydrogen-bond acceptors (Lipinski definition) is 4. The van der Waals surface area contributed by atoms with E-state index in [1.165, 1.54) is 22.2 Å². The van der Waals surface area contributed by atoms with Crippen molar-refractivity contribution >= 4 is 35.1 Å². The van der Waals surface area contributed by atoms with Crippen LogP contribution in [0.4, 0.5) is 4.79 Å². The van der Waals surface area contributed by atoms with Crippen LogP contribution in [0.5, 0.6) is 0 Å². The Morgan fingerprint density at radius 1 is 1.55 bits per heavy atom. The van der Waals surface area contributed by atoms with Crippen LogP contribution in [-0.2, 0) is 11.2 Å². The molecule has 7 heteroatoms. The molecule has 110 valence electrons. The summed E-state index contributed by atoms with van der Waals surface area (Å²) in [6, 6.07) is 1.04. The second-order valence-electron chi connectivity index (χ2n) is 4.57. The largest absolute Gasteiger partial charge is 0.480 e. The van der Waals surface area contributed by atoms with Crippen LogP contribution in [0.1, 0.15) is 18.9 Å². The molecule has 2 atom stereocenters. The summed E-state index contributed by atoms with van der Waals surface area (Å²) in [6.07, 6.45) is 1.52. The first-order chi connectivity index (χ1) is 9.63. The minimum absolute atomic E-state index is 0.0442. The first-order valence-corrected chi connectivity index (χ1v) is 8.54. The molecule has 1 fully saturated rings. The summed E-state index contributed by atoms with van der Waals surface area (Å²) in [6.45, 7) is 2.49. The normalized spacial score (nSPS) is 21.9. The molecule has 5 nitrogen and oxygen atoms in total. The van der Waals surface area contributed by atoms with Crippen LogP contribution in [0.25, 0.3) is 0 Å². The number of hydrogen-bond donors (Lipinski definition) is 2. The molecular formula is C13H18N2O3S2. The summed E-state index contributed by atoms with van der Waals surface area (Å²) in [4.78, 5) is 24.9. The van der Waals surface area contributed by atoms with E-state index in [0.29, 0.717) is 12.3 Å². The van der Waals surface area contributed by atoms with E-state index in [2.05, 4.69) is 5.32 Å². The van der Waals surface area contributed by atoms with Gasteiger partial charge in [0, 0.05) is 12.3 Å². The Morgan fingerprint density at radius 2 is 2.35 bits per heavy atom. The monoisotopic (exact) mass is 314 g/mol. The highest BCUT2D eigenvalue weighted by Crippen LogP contribution is 2.31. The molecule has 0 aromatic carbocycles. The summed E-state index contributed by atoms with van der Waals surface area (Å²) in [5, 5.41) is 16.0. The molecule has 20 heavy (non-hydrogen) atoms. The zero-order valence-electron chi connectivity index (χ0n) is 11.2. The number of urea groups is 1. The van der Waals surface area contributed by atoms with Crippen molar-refractivity contribution in [3.63, 3.8) is 0 Å². The number of carbonyl (C=O) groups excluding carboxylic acids is 1. The van der Waals surface area contributed by atoms with Gasteiger partial charge in [-0.3, -0.25) is 4.90 Å². The van der Waals surface area contributed by atoms with Gasteiger partial charge in [-0.25, -0.2) is 9.59 Å². The number of amides is 2. The smallest absolute Gasteiger partial charge is 0.327 e. The average molecular weight is 314 g/mol. The van der Waals surface area contributed by atoms with Crippen molar-refractivity contribution in [2.75, 3.05) is 12.3 Å². The van der Waals surface area contributed by atoms with E-state index in [4.69, 9.17) is 0 Å². The number of carbonyl (C=O) groups is 2. The van der Waals surface area contributed by atoms with Crippen molar-refractivity contribution < 1.29 is 14.7 Å². The molecule has 0 spiro atoms. The number of carboxylic acids is 1. The highest BCUT2D eigenvalue weighted by atomic mass is 32.2. The lowest BCUT2D eigenvalue weighted by atomic mass is 10.2. The molecule has 0 aliphatic carbocycles. The molecule has 2 amide bonds. The van der Waals surface area contributed by atoms with Crippen LogP contribution in [0.3, 0.4) is 0 Å². The maximum absolute atomic E-state index is 12.2. The maximum Gasteiger partial charge on any atom is 0.327 e. The summed E-state index contributed by atoms with van der Waals surface area (Å²) in [5.41, 5.74) is 1.19. The van der Waals surface area contributed by atoms with Gasteiger partial charge in [0.1, 0.15) is 6.04 Å². The number of nitrogens with zero attached hydrogens (tertiary/aromatic N) is 1. The lowest BCUT2D eigenvalue weighted by Gasteiger charge is -2.26. The average Bonchev–Trinajstić information content (AvgIpc) is 3.07. The molecule has 0 bridgehead atoms. The van der Waals surface area contributed by atoms with Gasteiger partial charge < -0.3 is 10.4 Å². The molecular weight excluding hydrogens is 296 g/mol. The first-order valence-electron chi connectivity index (χ1n) is 6.55. The summed E-state index contributed by atoms with van der Waals surface area (Å²) in [7, 11) is 0. The van der Waals surface area contributed by atoms with Gasteiger partial charge in [-0.15, -0.1) is 11.8 Å². The topological polar surface area (TPSA) is 69.6 Å². The standard InChI is InChI=1S/C13H18N2O3S2/c1-2-11-15(10(8-20-11)12(16)17)13(18)14-5-3-9-4-6-19-7-9/h4,6-7,10-11H,2-3,5,8H2,1H3,(H,14,18)(H,16,17). The van der Waals surface area contributed by atoms with Crippen molar-refractivity contribution in [3.8, 4) is 0 Å². The quantitative estimate of drug-likeness (QED) is 0.874. The third-order valence-corrected chi connectivity index (χ3v) is 5.42. The number of carboxylic acid groups (broad SMARTS) is 1. The Bertz CT molecular complexity index is 464. The Hall–Kier alpha value is -1.21. The predicted octanol–water partition coefficient (Wildman–Crippen LogP) is 2.24. The summed E-state index contributed by atoms with van der Waals surface area (Å²) < 4.78 is 0. The highest BCUT2D eigenvalue weighted by Gasteiger charge is 2.40. The van der Waals surface area contributed by atoms with E-state index in [-0.39, 0.29) is 11.4 Å². The first kappa shape index (κ1) is 15.2. The van der Waals surface area contributed by atoms with Crippen LogP contribution in [-0.4, -0.2) is 45.7 Å². The van der Waals surface area contributed by atoms with Crippen molar-refractivity contribution in [3.05, 3.63) is 22.4 Å². The van der Waals surface area contributed by atoms with E-state index in [9.17, 15) is 14.7 Å². The SMILES string of the molecule is CCC1SCC(C(=O)O)N1C(=O)NCCc1ccsc1. The molecule has 0 radical (unpaired) electrons. The number of nitrogens with one attached hydrogen (secondary N) is 1. The molecule has 1 saturated heterocycles. The van der Waals surface area contributed by atoms with Crippen LogP contribution in [0.15, 0.2) is 16.8 Å². The fraction of sp³-hybridized carbons (Fsp3) is 0.538. The molecule has 2 heterocycles. The van der Waals surface area contributed by atoms with Gasteiger partial charge in [-0.2, -0.15) is 11.3 Å². The third kappa shape index (κ3) is 3.46.